The van der Waals surface area contributed by atoms with Gasteiger partial charge in [0.05, 0.1) is 0 Å². The quantitative estimate of drug-likeness (QED) is 0.775. The molecule has 5 heteroatoms. The molecule has 0 N–H and O–H groups in total. The van der Waals surface area contributed by atoms with Crippen molar-refractivity contribution < 1.29 is 18.3 Å². The van der Waals surface area contributed by atoms with E-state index in [1.807, 2.05) is 26.8 Å². The molecule has 1 fully saturated rings. The molecule has 1 amide bonds. The van der Waals surface area contributed by atoms with Crippen LogP contribution in [0, 0.1) is 17.6 Å². The molecule has 0 aromatic heterocycles. The van der Waals surface area contributed by atoms with Crippen LogP contribution in [0.1, 0.15) is 45.6 Å². The Labute approximate surface area is 142 Å². The van der Waals surface area contributed by atoms with Gasteiger partial charge in [-0.15, -0.1) is 0 Å². The highest BCUT2D eigenvalue weighted by Crippen LogP contribution is 2.23. The number of allylic oxidation sites excluding steroid dienone is 1. The molecule has 24 heavy (non-hydrogen) atoms. The monoisotopic (exact) mass is 337 g/mol. The molecule has 1 aromatic carbocycles. The molecule has 2 rings (SSSR count). The minimum Gasteiger partial charge on any atom is -0.444 e. The number of hydrogen-bond donors (Lipinski definition) is 0. The van der Waals surface area contributed by atoms with Crippen LogP contribution in [0.25, 0.3) is 6.08 Å². The average Bonchev–Trinajstić information content (AvgIpc) is 2.48. The summed E-state index contributed by atoms with van der Waals surface area (Å²) in [6.45, 7) is 6.93. The summed E-state index contributed by atoms with van der Waals surface area (Å²) >= 11 is 0. The van der Waals surface area contributed by atoms with Gasteiger partial charge in [0.2, 0.25) is 0 Å². The van der Waals surface area contributed by atoms with Gasteiger partial charge in [0.25, 0.3) is 0 Å². The Balaban J connectivity index is 1.79. The molecule has 0 saturated carbocycles. The zero-order chi connectivity index (χ0) is 17.7. The largest absolute Gasteiger partial charge is 0.444 e. The molecular weight excluding hydrogens is 312 g/mol. The van der Waals surface area contributed by atoms with Gasteiger partial charge in [-0.05, 0) is 58.1 Å². The third kappa shape index (κ3) is 5.62. The van der Waals surface area contributed by atoms with Crippen molar-refractivity contribution in [2.75, 3.05) is 13.1 Å². The number of nitrogens with zero attached hydrogens (tertiary/aromatic N) is 1. The van der Waals surface area contributed by atoms with Crippen molar-refractivity contribution in [2.45, 2.75) is 45.6 Å². The summed E-state index contributed by atoms with van der Waals surface area (Å²) < 4.78 is 31.8. The Bertz CT molecular complexity index is 600. The third-order valence-electron chi connectivity index (χ3n) is 4.00. The molecule has 0 aliphatic carbocycles. The van der Waals surface area contributed by atoms with Crippen LogP contribution in [-0.4, -0.2) is 29.7 Å². The number of amides is 1. The summed E-state index contributed by atoms with van der Waals surface area (Å²) in [5.41, 5.74) is -0.0850. The van der Waals surface area contributed by atoms with Crippen molar-refractivity contribution in [3.63, 3.8) is 0 Å². The van der Waals surface area contributed by atoms with Crippen LogP contribution in [0.5, 0.6) is 0 Å². The molecular formula is C19H25F2NO2. The van der Waals surface area contributed by atoms with Crippen LogP contribution in [0.2, 0.25) is 0 Å². The van der Waals surface area contributed by atoms with Crippen LogP contribution >= 0.6 is 0 Å². The van der Waals surface area contributed by atoms with Gasteiger partial charge in [0.1, 0.15) is 17.2 Å². The first-order chi connectivity index (χ1) is 11.2. The van der Waals surface area contributed by atoms with Crippen molar-refractivity contribution >= 4 is 12.2 Å². The Morgan fingerprint density at radius 2 is 1.96 bits per heavy atom. The van der Waals surface area contributed by atoms with Crippen LogP contribution in [0.15, 0.2) is 24.3 Å². The molecule has 1 aliphatic heterocycles. The topological polar surface area (TPSA) is 29.5 Å². The maximum Gasteiger partial charge on any atom is 0.410 e. The van der Waals surface area contributed by atoms with Gasteiger partial charge < -0.3 is 9.64 Å². The fraction of sp³-hybridized carbons (Fsp3) is 0.526. The van der Waals surface area contributed by atoms with E-state index < -0.39 is 17.2 Å². The Hall–Kier alpha value is -1.91. The van der Waals surface area contributed by atoms with Gasteiger partial charge in [0, 0.05) is 24.7 Å². The second-order valence-electron chi connectivity index (χ2n) is 7.21. The Morgan fingerprint density at radius 1 is 1.29 bits per heavy atom. The number of halogens is 2. The van der Waals surface area contributed by atoms with Crippen molar-refractivity contribution in [3.8, 4) is 0 Å². The minimum atomic E-state index is -0.570. The molecule has 0 radical (unpaired) electrons. The molecule has 0 bridgehead atoms. The van der Waals surface area contributed by atoms with E-state index in [4.69, 9.17) is 4.74 Å². The standard InChI is InChI=1S/C19H25F2NO2/c1-19(2,3)24-18(23)22-11-9-14(10-12-22)5-4-6-15-7-8-16(20)13-17(15)21/h4,6-8,13-14H,5,9-12H2,1-3H3/b6-4+. The van der Waals surface area contributed by atoms with Gasteiger partial charge >= 0.3 is 6.09 Å². The number of hydrogen-bond acceptors (Lipinski definition) is 2. The summed E-state index contributed by atoms with van der Waals surface area (Å²) in [5.74, 6) is -0.659. The SMILES string of the molecule is CC(C)(C)OC(=O)N1CCC(C/C=C/c2ccc(F)cc2F)CC1. The van der Waals surface area contributed by atoms with E-state index >= 15 is 0 Å². The summed E-state index contributed by atoms with van der Waals surface area (Å²) in [6, 6.07) is 3.58. The van der Waals surface area contributed by atoms with E-state index in [2.05, 4.69) is 0 Å². The molecule has 1 heterocycles. The predicted octanol–water partition coefficient (Wildman–Crippen LogP) is 5.02. The summed E-state index contributed by atoms with van der Waals surface area (Å²) in [4.78, 5) is 13.7. The highest BCUT2D eigenvalue weighted by atomic mass is 19.1. The molecule has 1 aliphatic rings. The second kappa shape index (κ2) is 7.77. The zero-order valence-electron chi connectivity index (χ0n) is 14.5. The number of rotatable bonds is 3. The van der Waals surface area contributed by atoms with Crippen molar-refractivity contribution in [1.29, 1.82) is 0 Å². The Kier molecular flexibility index (Phi) is 5.97. The van der Waals surface area contributed by atoms with E-state index in [0.717, 1.165) is 25.3 Å². The lowest BCUT2D eigenvalue weighted by atomic mass is 9.93. The van der Waals surface area contributed by atoms with Gasteiger partial charge in [-0.2, -0.15) is 0 Å². The maximum atomic E-state index is 13.5. The van der Waals surface area contributed by atoms with E-state index in [1.54, 1.807) is 11.0 Å². The Morgan fingerprint density at radius 3 is 2.54 bits per heavy atom. The first kappa shape index (κ1) is 18.4. The first-order valence-corrected chi connectivity index (χ1v) is 8.34. The second-order valence-corrected chi connectivity index (χ2v) is 7.21. The van der Waals surface area contributed by atoms with Crippen molar-refractivity contribution in [1.82, 2.24) is 4.90 Å². The molecule has 1 saturated heterocycles. The van der Waals surface area contributed by atoms with E-state index in [9.17, 15) is 13.6 Å². The maximum absolute atomic E-state index is 13.5. The molecule has 0 spiro atoms. The smallest absolute Gasteiger partial charge is 0.410 e. The lowest BCUT2D eigenvalue weighted by Crippen LogP contribution is -2.41. The molecule has 1 aromatic rings. The van der Waals surface area contributed by atoms with Gasteiger partial charge in [-0.1, -0.05) is 12.2 Å². The van der Waals surface area contributed by atoms with Gasteiger partial charge in [0.15, 0.2) is 0 Å². The number of piperidine rings is 1. The highest BCUT2D eigenvalue weighted by molar-refractivity contribution is 5.68. The molecule has 0 unspecified atom stereocenters. The van der Waals surface area contributed by atoms with E-state index in [1.165, 1.54) is 12.1 Å². The fourth-order valence-electron chi connectivity index (χ4n) is 2.70. The average molecular weight is 337 g/mol. The van der Waals surface area contributed by atoms with Gasteiger partial charge in [-0.25, -0.2) is 13.6 Å². The van der Waals surface area contributed by atoms with Crippen molar-refractivity contribution in [3.05, 3.63) is 41.5 Å². The molecule has 132 valence electrons. The van der Waals surface area contributed by atoms with E-state index in [-0.39, 0.29) is 6.09 Å². The lowest BCUT2D eigenvalue weighted by molar-refractivity contribution is 0.0185. The van der Waals surface area contributed by atoms with Crippen LogP contribution in [-0.2, 0) is 4.74 Å². The summed E-state index contributed by atoms with van der Waals surface area (Å²) in [6.07, 6.45) is 5.97. The predicted molar refractivity (Wildman–Crippen MR) is 90.5 cm³/mol. The fourth-order valence-corrected chi connectivity index (χ4v) is 2.70. The zero-order valence-corrected chi connectivity index (χ0v) is 14.5. The summed E-state index contributed by atoms with van der Waals surface area (Å²) in [7, 11) is 0. The number of carbonyl (C=O) groups excluding carboxylic acids is 1. The number of benzene rings is 1. The van der Waals surface area contributed by atoms with Crippen molar-refractivity contribution in [2.24, 2.45) is 5.92 Å². The van der Waals surface area contributed by atoms with E-state index in [0.29, 0.717) is 24.6 Å². The number of ether oxygens (including phenoxy) is 1. The van der Waals surface area contributed by atoms with Gasteiger partial charge in [-0.3, -0.25) is 0 Å². The summed E-state index contributed by atoms with van der Waals surface area (Å²) in [5, 5.41) is 0. The van der Waals surface area contributed by atoms with Crippen LogP contribution in [0.4, 0.5) is 13.6 Å². The van der Waals surface area contributed by atoms with Crippen LogP contribution < -0.4 is 0 Å². The third-order valence-corrected chi connectivity index (χ3v) is 4.00. The molecule has 0 atom stereocenters. The number of carbonyl (C=O) groups is 1. The normalized spacial score (nSPS) is 16.6. The van der Waals surface area contributed by atoms with Crippen LogP contribution in [0.3, 0.4) is 0 Å². The minimum absolute atomic E-state index is 0.259. The lowest BCUT2D eigenvalue weighted by Gasteiger charge is -2.33. The first-order valence-electron chi connectivity index (χ1n) is 8.34. The number of likely N-dealkylation sites (tertiary alicyclic amines) is 1. The molecule has 3 nitrogen and oxygen atoms in total. The highest BCUT2D eigenvalue weighted by Gasteiger charge is 2.26.